The van der Waals surface area contributed by atoms with Crippen LogP contribution in [0.2, 0.25) is 0 Å². The molecule has 1 aromatic carbocycles. The van der Waals surface area contributed by atoms with Crippen molar-refractivity contribution in [3.05, 3.63) is 29.8 Å². The number of hydrogen-bond acceptors (Lipinski definition) is 1. The second kappa shape index (κ2) is 8.61. The number of rotatable bonds is 2. The number of phenolic OH excluding ortho intramolecular Hbond substituents is 1. The summed E-state index contributed by atoms with van der Waals surface area (Å²) >= 11 is 0. The van der Waals surface area contributed by atoms with E-state index in [-0.39, 0.29) is 7.43 Å². The first-order valence-corrected chi connectivity index (χ1v) is 5.03. The minimum absolute atomic E-state index is 0. The van der Waals surface area contributed by atoms with E-state index in [2.05, 4.69) is 13.8 Å². The van der Waals surface area contributed by atoms with Gasteiger partial charge in [-0.3, -0.25) is 0 Å². The van der Waals surface area contributed by atoms with Gasteiger partial charge in [-0.15, -0.1) is 0 Å². The van der Waals surface area contributed by atoms with Crippen LogP contribution in [0, 0.1) is 0 Å². The SMILES string of the molecule is C.CC.CCC(C)c1ccc(O)cc1. The molecule has 0 amide bonds. The minimum atomic E-state index is 0. The molecule has 1 unspecified atom stereocenters. The van der Waals surface area contributed by atoms with Crippen LogP contribution in [-0.2, 0) is 0 Å². The predicted octanol–water partition coefficient (Wildman–Crippen LogP) is 4.57. The fourth-order valence-corrected chi connectivity index (χ4v) is 1.04. The molecular weight excluding hydrogens is 172 g/mol. The highest BCUT2D eigenvalue weighted by Gasteiger charge is 2.00. The van der Waals surface area contributed by atoms with E-state index in [9.17, 15) is 0 Å². The van der Waals surface area contributed by atoms with Crippen molar-refractivity contribution in [2.75, 3.05) is 0 Å². The Morgan fingerprint density at radius 2 is 1.57 bits per heavy atom. The van der Waals surface area contributed by atoms with Crippen LogP contribution < -0.4 is 0 Å². The zero-order valence-corrected chi connectivity index (χ0v) is 9.04. The van der Waals surface area contributed by atoms with Gasteiger partial charge >= 0.3 is 0 Å². The lowest BCUT2D eigenvalue weighted by atomic mass is 9.99. The standard InChI is InChI=1S/C10H14O.C2H6.CH4/c1-3-8(2)9-4-6-10(11)7-5-9;1-2;/h4-8,11H,3H2,1-2H3;1-2H3;1H4. The maximum atomic E-state index is 9.01. The van der Waals surface area contributed by atoms with E-state index >= 15 is 0 Å². The summed E-state index contributed by atoms with van der Waals surface area (Å²) in [4.78, 5) is 0. The van der Waals surface area contributed by atoms with Crippen molar-refractivity contribution >= 4 is 0 Å². The molecule has 1 aromatic rings. The van der Waals surface area contributed by atoms with Crippen molar-refractivity contribution in [3.63, 3.8) is 0 Å². The van der Waals surface area contributed by atoms with E-state index in [1.807, 2.05) is 26.0 Å². The fourth-order valence-electron chi connectivity index (χ4n) is 1.04. The Hall–Kier alpha value is -0.980. The monoisotopic (exact) mass is 196 g/mol. The third kappa shape index (κ3) is 4.90. The summed E-state index contributed by atoms with van der Waals surface area (Å²) < 4.78 is 0. The summed E-state index contributed by atoms with van der Waals surface area (Å²) in [7, 11) is 0. The first-order valence-electron chi connectivity index (χ1n) is 5.03. The molecule has 0 saturated carbocycles. The van der Waals surface area contributed by atoms with Crippen LogP contribution in [-0.4, -0.2) is 5.11 Å². The number of aromatic hydroxyl groups is 1. The smallest absolute Gasteiger partial charge is 0.115 e. The molecule has 1 rings (SSSR count). The van der Waals surface area contributed by atoms with Gasteiger partial charge in [-0.05, 0) is 30.0 Å². The lowest BCUT2D eigenvalue weighted by Crippen LogP contribution is -1.89. The molecule has 1 N–H and O–H groups in total. The predicted molar refractivity (Wildman–Crippen MR) is 64.9 cm³/mol. The van der Waals surface area contributed by atoms with Gasteiger partial charge in [0.2, 0.25) is 0 Å². The van der Waals surface area contributed by atoms with Crippen molar-refractivity contribution in [1.82, 2.24) is 0 Å². The summed E-state index contributed by atoms with van der Waals surface area (Å²) in [5.74, 6) is 0.938. The van der Waals surface area contributed by atoms with E-state index in [0.29, 0.717) is 11.7 Å². The van der Waals surface area contributed by atoms with Crippen molar-refractivity contribution in [3.8, 4) is 5.75 Å². The lowest BCUT2D eigenvalue weighted by molar-refractivity contribution is 0.475. The van der Waals surface area contributed by atoms with Gasteiger partial charge in [0.25, 0.3) is 0 Å². The molecule has 0 bridgehead atoms. The molecule has 0 aliphatic rings. The number of hydrogen-bond donors (Lipinski definition) is 1. The van der Waals surface area contributed by atoms with Gasteiger partial charge in [0, 0.05) is 0 Å². The molecule has 0 heterocycles. The largest absolute Gasteiger partial charge is 0.508 e. The fraction of sp³-hybridized carbons (Fsp3) is 0.538. The Bertz CT molecular complexity index is 213. The highest BCUT2D eigenvalue weighted by Crippen LogP contribution is 2.20. The quantitative estimate of drug-likeness (QED) is 0.734. The van der Waals surface area contributed by atoms with E-state index in [0.717, 1.165) is 6.42 Å². The van der Waals surface area contributed by atoms with Gasteiger partial charge in [-0.2, -0.15) is 0 Å². The Labute approximate surface area is 88.8 Å². The Morgan fingerprint density at radius 1 is 1.14 bits per heavy atom. The Kier molecular flexibility index (Phi) is 9.53. The zero-order valence-electron chi connectivity index (χ0n) is 9.04. The normalized spacial score (nSPS) is 10.6. The zero-order chi connectivity index (χ0) is 10.3. The number of benzene rings is 1. The van der Waals surface area contributed by atoms with Gasteiger partial charge < -0.3 is 5.11 Å². The summed E-state index contributed by atoms with van der Waals surface area (Å²) in [5, 5.41) is 9.01. The second-order valence-corrected chi connectivity index (χ2v) is 2.90. The molecule has 1 heteroatoms. The van der Waals surface area contributed by atoms with Gasteiger partial charge in [0.1, 0.15) is 5.75 Å². The van der Waals surface area contributed by atoms with Crippen molar-refractivity contribution < 1.29 is 5.11 Å². The molecular formula is C13H24O. The molecule has 1 nitrogen and oxygen atoms in total. The average Bonchev–Trinajstić information content (AvgIpc) is 2.21. The summed E-state index contributed by atoms with van der Waals surface area (Å²) in [5.41, 5.74) is 1.30. The summed E-state index contributed by atoms with van der Waals surface area (Å²) in [6.07, 6.45) is 1.14. The van der Waals surface area contributed by atoms with Crippen LogP contribution in [0.5, 0.6) is 5.75 Å². The molecule has 14 heavy (non-hydrogen) atoms. The molecule has 0 aromatic heterocycles. The summed E-state index contributed by atoms with van der Waals surface area (Å²) in [6.45, 7) is 8.35. The van der Waals surface area contributed by atoms with E-state index in [1.165, 1.54) is 5.56 Å². The third-order valence-electron chi connectivity index (χ3n) is 2.07. The van der Waals surface area contributed by atoms with Gasteiger partial charge in [-0.25, -0.2) is 0 Å². The number of phenols is 1. The topological polar surface area (TPSA) is 20.2 Å². The minimum Gasteiger partial charge on any atom is -0.508 e. The molecule has 0 aliphatic heterocycles. The second-order valence-electron chi connectivity index (χ2n) is 2.90. The maximum absolute atomic E-state index is 9.01. The van der Waals surface area contributed by atoms with Gasteiger partial charge in [-0.1, -0.05) is 47.3 Å². The van der Waals surface area contributed by atoms with Gasteiger partial charge in [0.05, 0.1) is 0 Å². The highest BCUT2D eigenvalue weighted by atomic mass is 16.3. The molecule has 0 saturated heterocycles. The first-order chi connectivity index (χ1) is 6.24. The lowest BCUT2D eigenvalue weighted by Gasteiger charge is -2.07. The van der Waals surface area contributed by atoms with E-state index in [4.69, 9.17) is 5.11 Å². The highest BCUT2D eigenvalue weighted by molar-refractivity contribution is 5.27. The molecule has 0 spiro atoms. The average molecular weight is 196 g/mol. The van der Waals surface area contributed by atoms with Crippen LogP contribution in [0.3, 0.4) is 0 Å². The van der Waals surface area contributed by atoms with Crippen LogP contribution in [0.1, 0.15) is 53.0 Å². The third-order valence-corrected chi connectivity index (χ3v) is 2.07. The van der Waals surface area contributed by atoms with Crippen LogP contribution >= 0.6 is 0 Å². The molecule has 0 radical (unpaired) electrons. The van der Waals surface area contributed by atoms with E-state index < -0.39 is 0 Å². The Balaban J connectivity index is 0. The van der Waals surface area contributed by atoms with Crippen molar-refractivity contribution in [2.24, 2.45) is 0 Å². The van der Waals surface area contributed by atoms with Gasteiger partial charge in [0.15, 0.2) is 0 Å². The van der Waals surface area contributed by atoms with Crippen LogP contribution in [0.4, 0.5) is 0 Å². The Morgan fingerprint density at radius 3 is 1.93 bits per heavy atom. The molecule has 82 valence electrons. The van der Waals surface area contributed by atoms with E-state index in [1.54, 1.807) is 12.1 Å². The van der Waals surface area contributed by atoms with Crippen LogP contribution in [0.15, 0.2) is 24.3 Å². The molecule has 0 aliphatic carbocycles. The first kappa shape index (κ1) is 15.5. The summed E-state index contributed by atoms with van der Waals surface area (Å²) in [6, 6.07) is 7.43. The molecule has 1 atom stereocenters. The maximum Gasteiger partial charge on any atom is 0.115 e. The van der Waals surface area contributed by atoms with Crippen LogP contribution in [0.25, 0.3) is 0 Å². The molecule has 0 fully saturated rings. The van der Waals surface area contributed by atoms with Crippen molar-refractivity contribution in [1.29, 1.82) is 0 Å². The van der Waals surface area contributed by atoms with Crippen molar-refractivity contribution in [2.45, 2.75) is 47.5 Å².